The zero-order valence-electron chi connectivity index (χ0n) is 11.7. The van der Waals surface area contributed by atoms with Crippen LogP contribution in [0, 0.1) is 6.92 Å². The largest absolute Gasteiger partial charge is 0.308 e. The van der Waals surface area contributed by atoms with E-state index in [2.05, 4.69) is 29.3 Å². The molecular weight excluding hydrogens is 256 g/mol. The van der Waals surface area contributed by atoms with E-state index in [1.54, 1.807) is 0 Å². The Morgan fingerprint density at radius 2 is 2.16 bits per heavy atom. The zero-order valence-corrected chi connectivity index (χ0v) is 12.4. The van der Waals surface area contributed by atoms with E-state index in [1.807, 2.05) is 6.07 Å². The second-order valence-corrected chi connectivity index (χ2v) is 6.38. The average Bonchev–Trinajstić information content (AvgIpc) is 2.81. The maximum Gasteiger partial charge on any atom is 0.0408 e. The number of halogens is 1. The highest BCUT2D eigenvalue weighted by Crippen LogP contribution is 2.27. The molecule has 0 amide bonds. The number of hydrogen-bond donors (Lipinski definition) is 1. The van der Waals surface area contributed by atoms with E-state index in [0.29, 0.717) is 6.04 Å². The van der Waals surface area contributed by atoms with E-state index in [1.165, 1.54) is 49.9 Å². The third-order valence-corrected chi connectivity index (χ3v) is 4.95. The Bertz CT molecular complexity index is 446. The average molecular weight is 279 g/mol. The molecule has 0 aromatic heterocycles. The molecule has 2 nitrogen and oxygen atoms in total. The van der Waals surface area contributed by atoms with Crippen LogP contribution in [-0.2, 0) is 6.54 Å². The summed E-state index contributed by atoms with van der Waals surface area (Å²) in [4.78, 5) is 2.68. The molecule has 1 N–H and O–H groups in total. The minimum atomic E-state index is 0.676. The minimum absolute atomic E-state index is 0.676. The number of nitrogens with zero attached hydrogens (tertiary/aromatic N) is 1. The maximum atomic E-state index is 6.01. The van der Waals surface area contributed by atoms with E-state index >= 15 is 0 Å². The molecular formula is C16H23ClN2. The Labute approximate surface area is 121 Å². The van der Waals surface area contributed by atoms with Gasteiger partial charge in [0.25, 0.3) is 0 Å². The fourth-order valence-corrected chi connectivity index (χ4v) is 3.81. The van der Waals surface area contributed by atoms with E-state index in [9.17, 15) is 0 Å². The molecule has 1 aromatic rings. The first-order valence-electron chi connectivity index (χ1n) is 7.46. The van der Waals surface area contributed by atoms with E-state index in [4.69, 9.17) is 11.6 Å². The normalized spacial score (nSPS) is 27.5. The predicted molar refractivity (Wildman–Crippen MR) is 80.6 cm³/mol. The summed E-state index contributed by atoms with van der Waals surface area (Å²) in [5.41, 5.74) is 2.66. The van der Waals surface area contributed by atoms with Crippen molar-refractivity contribution in [2.24, 2.45) is 0 Å². The van der Waals surface area contributed by atoms with Crippen molar-refractivity contribution < 1.29 is 0 Å². The molecule has 19 heavy (non-hydrogen) atoms. The molecule has 0 bridgehead atoms. The first-order valence-corrected chi connectivity index (χ1v) is 7.84. The third-order valence-electron chi connectivity index (χ3n) is 4.72. The van der Waals surface area contributed by atoms with E-state index in [-0.39, 0.29) is 0 Å². The highest BCUT2D eigenvalue weighted by atomic mass is 35.5. The van der Waals surface area contributed by atoms with Gasteiger partial charge in [-0.05, 0) is 56.0 Å². The first-order chi connectivity index (χ1) is 9.24. The Kier molecular flexibility index (Phi) is 4.11. The van der Waals surface area contributed by atoms with Crippen LogP contribution in [0.2, 0.25) is 5.02 Å². The Morgan fingerprint density at radius 1 is 1.26 bits per heavy atom. The second-order valence-electron chi connectivity index (χ2n) is 5.95. The van der Waals surface area contributed by atoms with Gasteiger partial charge in [-0.25, -0.2) is 0 Å². The fraction of sp³-hybridized carbons (Fsp3) is 0.625. The van der Waals surface area contributed by atoms with Crippen molar-refractivity contribution in [2.45, 2.75) is 51.2 Å². The van der Waals surface area contributed by atoms with Gasteiger partial charge in [0.2, 0.25) is 0 Å². The molecule has 2 heterocycles. The SMILES string of the molecule is Cc1cc(Cl)ccc1CNC1CCN2CCCCC12. The molecule has 2 aliphatic rings. The van der Waals surface area contributed by atoms with Gasteiger partial charge in [-0.1, -0.05) is 24.1 Å². The Morgan fingerprint density at radius 3 is 3.00 bits per heavy atom. The Balaban J connectivity index is 1.60. The summed E-state index contributed by atoms with van der Waals surface area (Å²) in [6, 6.07) is 7.66. The molecule has 0 aliphatic carbocycles. The van der Waals surface area contributed by atoms with Crippen LogP contribution >= 0.6 is 11.6 Å². The summed E-state index contributed by atoms with van der Waals surface area (Å²) >= 11 is 6.01. The molecule has 104 valence electrons. The molecule has 0 saturated carbocycles. The molecule has 2 aliphatic heterocycles. The van der Waals surface area contributed by atoms with Gasteiger partial charge in [-0.15, -0.1) is 0 Å². The topological polar surface area (TPSA) is 15.3 Å². The molecule has 1 aromatic carbocycles. The van der Waals surface area contributed by atoms with Gasteiger partial charge in [0, 0.05) is 30.2 Å². The summed E-state index contributed by atoms with van der Waals surface area (Å²) in [5, 5.41) is 4.61. The second kappa shape index (κ2) is 5.82. The Hall–Kier alpha value is -0.570. The van der Waals surface area contributed by atoms with Crippen molar-refractivity contribution >= 4 is 11.6 Å². The zero-order chi connectivity index (χ0) is 13.2. The van der Waals surface area contributed by atoms with Crippen molar-refractivity contribution in [3.8, 4) is 0 Å². The number of nitrogens with one attached hydrogen (secondary N) is 1. The van der Waals surface area contributed by atoms with Gasteiger partial charge in [0.05, 0.1) is 0 Å². The quantitative estimate of drug-likeness (QED) is 0.912. The molecule has 2 atom stereocenters. The summed E-state index contributed by atoms with van der Waals surface area (Å²) < 4.78 is 0. The van der Waals surface area contributed by atoms with Crippen LogP contribution in [0.4, 0.5) is 0 Å². The van der Waals surface area contributed by atoms with Crippen molar-refractivity contribution in [3.63, 3.8) is 0 Å². The predicted octanol–water partition coefficient (Wildman–Crippen LogP) is 3.36. The molecule has 2 fully saturated rings. The highest BCUT2D eigenvalue weighted by molar-refractivity contribution is 6.30. The monoisotopic (exact) mass is 278 g/mol. The first kappa shape index (κ1) is 13.4. The van der Waals surface area contributed by atoms with Crippen LogP contribution in [0.1, 0.15) is 36.8 Å². The van der Waals surface area contributed by atoms with E-state index < -0.39 is 0 Å². The van der Waals surface area contributed by atoms with Crippen LogP contribution in [0.15, 0.2) is 18.2 Å². The molecule has 2 saturated heterocycles. The lowest BCUT2D eigenvalue weighted by atomic mass is 9.98. The molecule has 2 unspecified atom stereocenters. The number of rotatable bonds is 3. The van der Waals surface area contributed by atoms with Gasteiger partial charge in [-0.2, -0.15) is 0 Å². The third kappa shape index (κ3) is 2.96. The van der Waals surface area contributed by atoms with Crippen molar-refractivity contribution in [2.75, 3.05) is 13.1 Å². The van der Waals surface area contributed by atoms with Gasteiger partial charge in [-0.3, -0.25) is 4.90 Å². The van der Waals surface area contributed by atoms with Gasteiger partial charge < -0.3 is 5.32 Å². The number of aryl methyl sites for hydroxylation is 1. The molecule has 0 spiro atoms. The van der Waals surface area contributed by atoms with Crippen molar-refractivity contribution in [1.29, 1.82) is 0 Å². The summed E-state index contributed by atoms with van der Waals surface area (Å²) in [6.07, 6.45) is 5.47. The summed E-state index contributed by atoms with van der Waals surface area (Å²) in [7, 11) is 0. The minimum Gasteiger partial charge on any atom is -0.308 e. The molecule has 3 heteroatoms. The lowest BCUT2D eigenvalue weighted by Gasteiger charge is -2.32. The summed E-state index contributed by atoms with van der Waals surface area (Å²) in [6.45, 7) is 5.70. The van der Waals surface area contributed by atoms with E-state index in [0.717, 1.165) is 17.6 Å². The van der Waals surface area contributed by atoms with Gasteiger partial charge in [0.1, 0.15) is 0 Å². The molecule has 3 rings (SSSR count). The molecule has 0 radical (unpaired) electrons. The maximum absolute atomic E-state index is 6.01. The highest BCUT2D eigenvalue weighted by Gasteiger charge is 2.34. The van der Waals surface area contributed by atoms with Crippen molar-refractivity contribution in [1.82, 2.24) is 10.2 Å². The lowest BCUT2D eigenvalue weighted by molar-refractivity contribution is 0.180. The lowest BCUT2D eigenvalue weighted by Crippen LogP contribution is -2.44. The fourth-order valence-electron chi connectivity index (χ4n) is 3.58. The number of fused-ring (bicyclic) bond motifs is 1. The van der Waals surface area contributed by atoms with Crippen LogP contribution < -0.4 is 5.32 Å². The number of hydrogen-bond acceptors (Lipinski definition) is 2. The smallest absolute Gasteiger partial charge is 0.0408 e. The number of benzene rings is 1. The van der Waals surface area contributed by atoms with Gasteiger partial charge >= 0.3 is 0 Å². The van der Waals surface area contributed by atoms with Crippen LogP contribution in [0.25, 0.3) is 0 Å². The van der Waals surface area contributed by atoms with Crippen LogP contribution in [0.5, 0.6) is 0 Å². The number of piperidine rings is 1. The van der Waals surface area contributed by atoms with Crippen molar-refractivity contribution in [3.05, 3.63) is 34.3 Å². The standard InChI is InChI=1S/C16H23ClN2/c1-12-10-14(17)6-5-13(12)11-18-15-7-9-19-8-3-2-4-16(15)19/h5-6,10,15-16,18H,2-4,7-9,11H2,1H3. The van der Waals surface area contributed by atoms with Crippen LogP contribution in [0.3, 0.4) is 0 Å². The summed E-state index contributed by atoms with van der Waals surface area (Å²) in [5.74, 6) is 0. The van der Waals surface area contributed by atoms with Crippen LogP contribution in [-0.4, -0.2) is 30.1 Å². The van der Waals surface area contributed by atoms with Gasteiger partial charge in [0.15, 0.2) is 0 Å².